The molecule has 2 amide bonds. The molecular weight excluding hydrogens is 216 g/mol. The fourth-order valence-electron chi connectivity index (χ4n) is 1.63. The average Bonchev–Trinajstić information content (AvgIpc) is 2.25. The molecule has 0 saturated carbocycles. The van der Waals surface area contributed by atoms with Crippen LogP contribution in [0.4, 0.5) is 0 Å². The molecule has 1 aromatic carbocycles. The number of nitrogens with one attached hydrogen (secondary N) is 2. The van der Waals surface area contributed by atoms with Gasteiger partial charge in [0.1, 0.15) is 0 Å². The summed E-state index contributed by atoms with van der Waals surface area (Å²) in [4.78, 5) is 23.0. The molecule has 1 aromatic rings. The lowest BCUT2D eigenvalue weighted by Gasteiger charge is -2.07. The van der Waals surface area contributed by atoms with Gasteiger partial charge in [-0.25, -0.2) is 0 Å². The zero-order chi connectivity index (χ0) is 12.8. The van der Waals surface area contributed by atoms with Gasteiger partial charge >= 0.3 is 0 Å². The molecule has 0 aliphatic carbocycles. The van der Waals surface area contributed by atoms with Crippen LogP contribution in [0.3, 0.4) is 0 Å². The Bertz CT molecular complexity index is 407. The molecular formula is C13H18N2O2. The molecule has 0 unspecified atom stereocenters. The minimum atomic E-state index is -0.219. The predicted molar refractivity (Wildman–Crippen MR) is 66.9 cm³/mol. The summed E-state index contributed by atoms with van der Waals surface area (Å²) < 4.78 is 0. The van der Waals surface area contributed by atoms with Crippen LogP contribution in [0.15, 0.2) is 18.2 Å². The Morgan fingerprint density at radius 2 is 1.65 bits per heavy atom. The van der Waals surface area contributed by atoms with Crippen molar-refractivity contribution in [2.75, 3.05) is 13.1 Å². The maximum absolute atomic E-state index is 11.8. The molecule has 4 heteroatoms. The minimum Gasteiger partial charge on any atom is -0.355 e. The van der Waals surface area contributed by atoms with Crippen molar-refractivity contribution in [3.63, 3.8) is 0 Å². The Balaban J connectivity index is 2.61. The van der Waals surface area contributed by atoms with Crippen molar-refractivity contribution in [1.29, 1.82) is 0 Å². The maximum Gasteiger partial charge on any atom is 0.251 e. The molecule has 2 N–H and O–H groups in total. The van der Waals surface area contributed by atoms with E-state index in [-0.39, 0.29) is 18.4 Å². The van der Waals surface area contributed by atoms with Gasteiger partial charge in [-0.3, -0.25) is 9.59 Å². The molecule has 0 heterocycles. The number of benzene rings is 1. The molecule has 0 bridgehead atoms. The summed E-state index contributed by atoms with van der Waals surface area (Å²) >= 11 is 0. The van der Waals surface area contributed by atoms with Crippen LogP contribution in [-0.2, 0) is 4.79 Å². The fourth-order valence-corrected chi connectivity index (χ4v) is 1.63. The Kier molecular flexibility index (Phi) is 4.69. The van der Waals surface area contributed by atoms with Gasteiger partial charge in [-0.15, -0.1) is 0 Å². The summed E-state index contributed by atoms with van der Waals surface area (Å²) in [6, 6.07) is 5.61. The van der Waals surface area contributed by atoms with Crippen LogP contribution in [0.2, 0.25) is 0 Å². The monoisotopic (exact) mass is 234 g/mol. The lowest BCUT2D eigenvalue weighted by Crippen LogP contribution is -2.36. The summed E-state index contributed by atoms with van der Waals surface area (Å²) in [6.45, 7) is 6.29. The first-order chi connectivity index (χ1) is 8.02. The van der Waals surface area contributed by atoms with Crippen LogP contribution < -0.4 is 10.6 Å². The smallest absolute Gasteiger partial charge is 0.251 e. The highest BCUT2D eigenvalue weighted by Gasteiger charge is 2.08. The van der Waals surface area contributed by atoms with E-state index in [1.54, 1.807) is 12.1 Å². The van der Waals surface area contributed by atoms with Crippen LogP contribution in [0, 0.1) is 13.8 Å². The molecule has 0 spiro atoms. The molecule has 0 aliphatic rings. The van der Waals surface area contributed by atoms with E-state index in [0.29, 0.717) is 12.1 Å². The molecule has 0 aromatic heterocycles. The highest BCUT2D eigenvalue weighted by Crippen LogP contribution is 2.08. The summed E-state index contributed by atoms with van der Waals surface area (Å²) in [5.74, 6) is -0.395. The van der Waals surface area contributed by atoms with Crippen molar-refractivity contribution in [1.82, 2.24) is 10.6 Å². The van der Waals surface area contributed by atoms with Crippen LogP contribution in [0.5, 0.6) is 0 Å². The first kappa shape index (κ1) is 13.2. The molecule has 0 saturated heterocycles. The topological polar surface area (TPSA) is 58.2 Å². The first-order valence-corrected chi connectivity index (χ1v) is 5.66. The van der Waals surface area contributed by atoms with Crippen molar-refractivity contribution in [2.45, 2.75) is 20.8 Å². The standard InChI is InChI=1S/C13H18N2O2/c1-4-14-12(16)8-15-13(17)11-6-9(2)5-10(3)7-11/h5-7H,4,8H2,1-3H3,(H,14,16)(H,15,17). The van der Waals surface area contributed by atoms with Gasteiger partial charge in [0.2, 0.25) is 5.91 Å². The number of rotatable bonds is 4. The Labute approximate surface area is 101 Å². The number of aryl methyl sites for hydroxylation is 2. The Morgan fingerprint density at radius 3 is 2.18 bits per heavy atom. The van der Waals surface area contributed by atoms with Gasteiger partial charge in [0.15, 0.2) is 0 Å². The molecule has 0 atom stereocenters. The summed E-state index contributed by atoms with van der Waals surface area (Å²) in [6.07, 6.45) is 0. The molecule has 0 aliphatic heterocycles. The highest BCUT2D eigenvalue weighted by atomic mass is 16.2. The van der Waals surface area contributed by atoms with E-state index in [4.69, 9.17) is 0 Å². The van der Waals surface area contributed by atoms with Gasteiger partial charge < -0.3 is 10.6 Å². The lowest BCUT2D eigenvalue weighted by atomic mass is 10.1. The summed E-state index contributed by atoms with van der Waals surface area (Å²) in [7, 11) is 0. The normalized spacial score (nSPS) is 9.82. The van der Waals surface area contributed by atoms with E-state index in [1.165, 1.54) is 0 Å². The quantitative estimate of drug-likeness (QED) is 0.821. The van der Waals surface area contributed by atoms with Crippen molar-refractivity contribution >= 4 is 11.8 Å². The SMILES string of the molecule is CCNC(=O)CNC(=O)c1cc(C)cc(C)c1. The average molecular weight is 234 g/mol. The Morgan fingerprint density at radius 1 is 1.06 bits per heavy atom. The van der Waals surface area contributed by atoms with E-state index in [2.05, 4.69) is 10.6 Å². The number of hydrogen-bond acceptors (Lipinski definition) is 2. The Hall–Kier alpha value is -1.84. The molecule has 17 heavy (non-hydrogen) atoms. The van der Waals surface area contributed by atoms with Crippen LogP contribution in [0.25, 0.3) is 0 Å². The third kappa shape index (κ3) is 4.26. The third-order valence-corrected chi connectivity index (χ3v) is 2.27. The van der Waals surface area contributed by atoms with E-state index in [9.17, 15) is 9.59 Å². The zero-order valence-corrected chi connectivity index (χ0v) is 10.5. The zero-order valence-electron chi connectivity index (χ0n) is 10.5. The van der Waals surface area contributed by atoms with Crippen LogP contribution in [0.1, 0.15) is 28.4 Å². The lowest BCUT2D eigenvalue weighted by molar-refractivity contribution is -0.120. The van der Waals surface area contributed by atoms with Crippen LogP contribution >= 0.6 is 0 Å². The summed E-state index contributed by atoms with van der Waals surface area (Å²) in [5, 5.41) is 5.21. The highest BCUT2D eigenvalue weighted by molar-refractivity contribution is 5.96. The van der Waals surface area contributed by atoms with E-state index in [1.807, 2.05) is 26.8 Å². The third-order valence-electron chi connectivity index (χ3n) is 2.27. The van der Waals surface area contributed by atoms with Gasteiger partial charge in [0.25, 0.3) is 5.91 Å². The van der Waals surface area contributed by atoms with Crippen molar-refractivity contribution < 1.29 is 9.59 Å². The van der Waals surface area contributed by atoms with Gasteiger partial charge in [-0.2, -0.15) is 0 Å². The minimum absolute atomic E-state index is 0.0136. The second-order valence-corrected chi connectivity index (χ2v) is 4.01. The second kappa shape index (κ2) is 6.03. The van der Waals surface area contributed by atoms with Gasteiger partial charge in [0.05, 0.1) is 6.54 Å². The number of carbonyl (C=O) groups excluding carboxylic acids is 2. The molecule has 0 fully saturated rings. The number of hydrogen-bond donors (Lipinski definition) is 2. The number of amides is 2. The molecule has 92 valence electrons. The van der Waals surface area contributed by atoms with E-state index < -0.39 is 0 Å². The van der Waals surface area contributed by atoms with E-state index >= 15 is 0 Å². The van der Waals surface area contributed by atoms with Gasteiger partial charge in [-0.05, 0) is 32.9 Å². The fraction of sp³-hybridized carbons (Fsp3) is 0.385. The molecule has 1 rings (SSSR count). The van der Waals surface area contributed by atoms with Crippen molar-refractivity contribution in [3.8, 4) is 0 Å². The maximum atomic E-state index is 11.8. The van der Waals surface area contributed by atoms with Crippen molar-refractivity contribution in [3.05, 3.63) is 34.9 Å². The van der Waals surface area contributed by atoms with Gasteiger partial charge in [0, 0.05) is 12.1 Å². The first-order valence-electron chi connectivity index (χ1n) is 5.66. The van der Waals surface area contributed by atoms with Crippen molar-refractivity contribution in [2.24, 2.45) is 0 Å². The molecule has 0 radical (unpaired) electrons. The van der Waals surface area contributed by atoms with Crippen LogP contribution in [-0.4, -0.2) is 24.9 Å². The van der Waals surface area contributed by atoms with Gasteiger partial charge in [-0.1, -0.05) is 17.2 Å². The van der Waals surface area contributed by atoms with E-state index in [0.717, 1.165) is 11.1 Å². The largest absolute Gasteiger partial charge is 0.355 e. The molecule has 4 nitrogen and oxygen atoms in total. The number of likely N-dealkylation sites (N-methyl/N-ethyl adjacent to an activating group) is 1. The number of carbonyl (C=O) groups is 2. The summed E-state index contributed by atoms with van der Waals surface area (Å²) in [5.41, 5.74) is 2.66. The predicted octanol–water partition coefficient (Wildman–Crippen LogP) is 1.17. The second-order valence-electron chi connectivity index (χ2n) is 4.01.